The molecule has 0 unspecified atom stereocenters. The fourth-order valence-electron chi connectivity index (χ4n) is 4.69. The number of hydrogen-bond acceptors (Lipinski definition) is 4. The van der Waals surface area contributed by atoms with Gasteiger partial charge in [0, 0.05) is 25.3 Å². The van der Waals surface area contributed by atoms with Crippen molar-refractivity contribution in [3.8, 4) is 0 Å². The summed E-state index contributed by atoms with van der Waals surface area (Å²) in [6.45, 7) is 4.52. The number of nitrogens with zero attached hydrogens (tertiary/aromatic N) is 2. The molecule has 1 saturated heterocycles. The van der Waals surface area contributed by atoms with Crippen LogP contribution in [0.1, 0.15) is 37.4 Å². The fraction of sp³-hybridized carbons (Fsp3) is 0.364. The van der Waals surface area contributed by atoms with Crippen molar-refractivity contribution >= 4 is 28.3 Å². The van der Waals surface area contributed by atoms with Gasteiger partial charge < -0.3 is 10.4 Å². The summed E-state index contributed by atoms with van der Waals surface area (Å²) in [5.41, 5.74) is 1.57. The largest absolute Gasteiger partial charge is 0.483 e. The van der Waals surface area contributed by atoms with Gasteiger partial charge in [-0.05, 0) is 23.6 Å². The molecule has 0 aliphatic carbocycles. The van der Waals surface area contributed by atoms with Gasteiger partial charge >= 0.3 is 0 Å². The number of anilines is 1. The summed E-state index contributed by atoms with van der Waals surface area (Å²) in [4.78, 5) is 21.6. The first-order valence-electron chi connectivity index (χ1n) is 10.2. The van der Waals surface area contributed by atoms with Crippen LogP contribution in [0.4, 0.5) is 5.69 Å². The van der Waals surface area contributed by atoms with Crippen LogP contribution in [0.5, 0.6) is 0 Å². The zero-order valence-electron chi connectivity index (χ0n) is 17.6. The SMILES string of the molecule is CCN(CC)S(=O)(=O)N1CC[C@]2(C(=O)Nc3ccccc32)[C@@H]1c1ccccc1.O=CO. The maximum absolute atomic E-state index is 13.5. The Morgan fingerprint density at radius 1 is 1.13 bits per heavy atom. The minimum absolute atomic E-state index is 0.125. The molecule has 8 nitrogen and oxygen atoms in total. The van der Waals surface area contributed by atoms with Crippen LogP contribution in [0.25, 0.3) is 0 Å². The quantitative estimate of drug-likeness (QED) is 0.688. The molecule has 0 saturated carbocycles. The molecule has 0 aromatic heterocycles. The van der Waals surface area contributed by atoms with E-state index in [9.17, 15) is 13.2 Å². The average Bonchev–Trinajstić information content (AvgIpc) is 3.30. The standard InChI is InChI=1S/C21H25N3O3S.CH2O2/c1-3-23(4-2)28(26,27)24-15-14-21(19(24)16-10-6-5-7-11-16)17-12-8-9-13-18(17)22-20(21)25;2-1-3/h5-13,19H,3-4,14-15H2,1-2H3,(H,22,25);1H,(H,2,3)/t19-,21+;/m0./s1. The molecule has 4 rings (SSSR count). The number of carbonyl (C=O) groups excluding carboxylic acids is 1. The second-order valence-corrected chi connectivity index (χ2v) is 9.22. The van der Waals surface area contributed by atoms with E-state index in [1.807, 2.05) is 68.4 Å². The highest BCUT2D eigenvalue weighted by Gasteiger charge is 2.61. The van der Waals surface area contributed by atoms with Crippen LogP contribution in [-0.2, 0) is 25.2 Å². The van der Waals surface area contributed by atoms with E-state index >= 15 is 0 Å². The number of carboxylic acid groups (broad SMARTS) is 1. The lowest BCUT2D eigenvalue weighted by molar-refractivity contribution is -0.123. The first-order chi connectivity index (χ1) is 14.9. The molecule has 0 radical (unpaired) electrons. The van der Waals surface area contributed by atoms with Crippen molar-refractivity contribution in [3.05, 3.63) is 65.7 Å². The molecule has 1 fully saturated rings. The Hall–Kier alpha value is -2.75. The lowest BCUT2D eigenvalue weighted by Crippen LogP contribution is -2.47. The lowest BCUT2D eigenvalue weighted by Gasteiger charge is -2.36. The van der Waals surface area contributed by atoms with Gasteiger partial charge in [-0.25, -0.2) is 0 Å². The molecule has 2 atom stereocenters. The molecule has 9 heteroatoms. The van der Waals surface area contributed by atoms with Crippen LogP contribution >= 0.6 is 0 Å². The van der Waals surface area contributed by atoms with Crippen molar-refractivity contribution in [1.82, 2.24) is 8.61 Å². The van der Waals surface area contributed by atoms with Gasteiger partial charge in [0.1, 0.15) is 0 Å². The van der Waals surface area contributed by atoms with Crippen molar-refractivity contribution in [2.45, 2.75) is 31.7 Å². The number of rotatable bonds is 5. The summed E-state index contributed by atoms with van der Waals surface area (Å²) in [5.74, 6) is -0.125. The van der Waals surface area contributed by atoms with Crippen LogP contribution in [0, 0.1) is 0 Å². The van der Waals surface area contributed by atoms with Gasteiger partial charge in [0.05, 0.1) is 11.5 Å². The maximum atomic E-state index is 13.5. The van der Waals surface area contributed by atoms with Crippen LogP contribution < -0.4 is 5.32 Å². The van der Waals surface area contributed by atoms with E-state index in [-0.39, 0.29) is 12.4 Å². The predicted octanol–water partition coefficient (Wildman–Crippen LogP) is 2.61. The molecule has 1 amide bonds. The van der Waals surface area contributed by atoms with E-state index in [1.54, 1.807) is 0 Å². The molecule has 166 valence electrons. The molecule has 2 heterocycles. The first kappa shape index (κ1) is 22.9. The summed E-state index contributed by atoms with van der Waals surface area (Å²) in [6, 6.07) is 16.5. The molecule has 2 aromatic carbocycles. The number of amides is 1. The summed E-state index contributed by atoms with van der Waals surface area (Å²) in [5, 5.41) is 9.87. The van der Waals surface area contributed by atoms with Gasteiger partial charge in [0.2, 0.25) is 5.91 Å². The fourth-order valence-corrected chi connectivity index (χ4v) is 6.53. The van der Waals surface area contributed by atoms with Crippen LogP contribution in [0.15, 0.2) is 54.6 Å². The number of fused-ring (bicyclic) bond motifs is 2. The molecule has 2 aliphatic heterocycles. The minimum Gasteiger partial charge on any atom is -0.483 e. The highest BCUT2D eigenvalue weighted by molar-refractivity contribution is 7.86. The molecule has 2 N–H and O–H groups in total. The Bertz CT molecular complexity index is 1040. The van der Waals surface area contributed by atoms with Crippen molar-refractivity contribution < 1.29 is 23.1 Å². The molecule has 31 heavy (non-hydrogen) atoms. The van der Waals surface area contributed by atoms with E-state index < -0.39 is 21.7 Å². The van der Waals surface area contributed by atoms with E-state index in [0.29, 0.717) is 26.1 Å². The van der Waals surface area contributed by atoms with Crippen molar-refractivity contribution in [1.29, 1.82) is 0 Å². The summed E-state index contributed by atoms with van der Waals surface area (Å²) >= 11 is 0. The highest BCUT2D eigenvalue weighted by atomic mass is 32.2. The van der Waals surface area contributed by atoms with Crippen molar-refractivity contribution in [2.24, 2.45) is 0 Å². The highest BCUT2D eigenvalue weighted by Crippen LogP contribution is 2.55. The Labute approximate surface area is 182 Å². The number of hydrogen-bond donors (Lipinski definition) is 2. The van der Waals surface area contributed by atoms with Gasteiger partial charge in [-0.3, -0.25) is 9.59 Å². The third-order valence-electron chi connectivity index (χ3n) is 5.99. The zero-order chi connectivity index (χ0) is 22.6. The van der Waals surface area contributed by atoms with E-state index in [2.05, 4.69) is 5.32 Å². The Kier molecular flexibility index (Phi) is 6.78. The average molecular weight is 446 g/mol. The maximum Gasteiger partial charge on any atom is 0.290 e. The monoisotopic (exact) mass is 445 g/mol. The van der Waals surface area contributed by atoms with Gasteiger partial charge in [-0.15, -0.1) is 0 Å². The Morgan fingerprint density at radius 3 is 2.32 bits per heavy atom. The Morgan fingerprint density at radius 2 is 1.71 bits per heavy atom. The van der Waals surface area contributed by atoms with E-state index in [1.165, 1.54) is 8.61 Å². The van der Waals surface area contributed by atoms with E-state index in [4.69, 9.17) is 9.90 Å². The molecular formula is C22H27N3O5S. The minimum atomic E-state index is -3.70. The summed E-state index contributed by atoms with van der Waals surface area (Å²) < 4.78 is 29.9. The van der Waals surface area contributed by atoms with Crippen LogP contribution in [0.2, 0.25) is 0 Å². The summed E-state index contributed by atoms with van der Waals surface area (Å²) in [7, 11) is -3.70. The van der Waals surface area contributed by atoms with Gasteiger partial charge in [0.25, 0.3) is 16.7 Å². The number of benzene rings is 2. The third kappa shape index (κ3) is 3.73. The number of nitrogens with one attached hydrogen (secondary N) is 1. The lowest BCUT2D eigenvalue weighted by atomic mass is 9.73. The van der Waals surface area contributed by atoms with Gasteiger partial charge in [-0.1, -0.05) is 62.4 Å². The van der Waals surface area contributed by atoms with Gasteiger partial charge in [-0.2, -0.15) is 17.0 Å². The zero-order valence-corrected chi connectivity index (χ0v) is 18.4. The smallest absolute Gasteiger partial charge is 0.290 e. The van der Waals surface area contributed by atoms with Crippen LogP contribution in [-0.4, -0.2) is 54.1 Å². The normalized spacial score (nSPS) is 22.7. The molecular weight excluding hydrogens is 418 g/mol. The third-order valence-corrected chi connectivity index (χ3v) is 8.14. The first-order valence-corrected chi connectivity index (χ1v) is 11.6. The number of carbonyl (C=O) groups is 2. The van der Waals surface area contributed by atoms with Crippen molar-refractivity contribution in [3.63, 3.8) is 0 Å². The Balaban J connectivity index is 0.000000858. The predicted molar refractivity (Wildman–Crippen MR) is 118 cm³/mol. The number of para-hydroxylation sites is 1. The van der Waals surface area contributed by atoms with Crippen molar-refractivity contribution in [2.75, 3.05) is 25.0 Å². The topological polar surface area (TPSA) is 107 Å². The van der Waals surface area contributed by atoms with E-state index in [0.717, 1.165) is 16.8 Å². The van der Waals surface area contributed by atoms with Gasteiger partial charge in [0.15, 0.2) is 0 Å². The molecule has 1 spiro atoms. The molecule has 2 aliphatic rings. The molecule has 2 aromatic rings. The van der Waals surface area contributed by atoms with Crippen LogP contribution in [0.3, 0.4) is 0 Å². The summed E-state index contributed by atoms with van der Waals surface area (Å²) in [6.07, 6.45) is 0.454. The molecule has 0 bridgehead atoms. The second kappa shape index (κ2) is 9.17. The second-order valence-electron chi connectivity index (χ2n) is 7.34.